The molecule has 1 aliphatic rings. The zero-order chi connectivity index (χ0) is 20.3. The molecule has 9 heteroatoms. The third-order valence-corrected chi connectivity index (χ3v) is 6.36. The van der Waals surface area contributed by atoms with Crippen LogP contribution < -0.4 is 19.7 Å². The lowest BCUT2D eigenvalue weighted by Crippen LogP contribution is -2.30. The van der Waals surface area contributed by atoms with Crippen LogP contribution in [0, 0.1) is 0 Å². The molecule has 2 aromatic carbocycles. The van der Waals surface area contributed by atoms with Crippen molar-refractivity contribution in [1.82, 2.24) is 14.6 Å². The quantitative estimate of drug-likeness (QED) is 0.451. The molecule has 1 aliphatic heterocycles. The Kier molecular flexibility index (Phi) is 4.04. The molecule has 29 heavy (non-hydrogen) atoms. The van der Waals surface area contributed by atoms with Gasteiger partial charge in [-0.1, -0.05) is 27.3 Å². The summed E-state index contributed by atoms with van der Waals surface area (Å²) in [4.78, 5) is 32.4. The smallest absolute Gasteiger partial charge is 0.291 e. The van der Waals surface area contributed by atoms with Crippen LogP contribution >= 0.6 is 27.3 Å². The monoisotopic (exact) mass is 468 g/mol. The van der Waals surface area contributed by atoms with Gasteiger partial charge < -0.3 is 9.64 Å². The van der Waals surface area contributed by atoms with Gasteiger partial charge in [0.15, 0.2) is 5.82 Å². The summed E-state index contributed by atoms with van der Waals surface area (Å²) in [7, 11) is 3.30. The van der Waals surface area contributed by atoms with Crippen LogP contribution in [-0.4, -0.2) is 34.7 Å². The van der Waals surface area contributed by atoms with Gasteiger partial charge >= 0.3 is 0 Å². The van der Waals surface area contributed by atoms with Gasteiger partial charge in [-0.25, -0.2) is 0 Å². The van der Waals surface area contributed by atoms with Gasteiger partial charge in [-0.05, 0) is 42.5 Å². The molecule has 7 nitrogen and oxygen atoms in total. The summed E-state index contributed by atoms with van der Waals surface area (Å²) >= 11 is 4.61. The largest absolute Gasteiger partial charge is 0.497 e. The fraction of sp³-hybridized carbons (Fsp3) is 0.100. The number of rotatable bonds is 2. The van der Waals surface area contributed by atoms with Crippen molar-refractivity contribution in [2.45, 2.75) is 0 Å². The Bertz CT molecular complexity index is 1410. The maximum atomic E-state index is 13.1. The van der Waals surface area contributed by atoms with E-state index in [4.69, 9.17) is 4.74 Å². The number of benzene rings is 2. The number of thiazole rings is 1. The number of methoxy groups -OCH3 is 1. The van der Waals surface area contributed by atoms with Gasteiger partial charge in [-0.2, -0.15) is 9.50 Å². The molecule has 0 spiro atoms. The third-order valence-electron chi connectivity index (χ3n) is 4.84. The molecule has 0 fully saturated rings. The Balaban J connectivity index is 1.71. The van der Waals surface area contributed by atoms with Crippen molar-refractivity contribution in [2.24, 2.45) is 0 Å². The Morgan fingerprint density at radius 2 is 1.86 bits per heavy atom. The molecule has 0 aliphatic carbocycles. The molecule has 0 bridgehead atoms. The highest BCUT2D eigenvalue weighted by Gasteiger charge is 2.32. The number of carbonyl (C=O) groups excluding carboxylic acids is 1. The average molecular weight is 469 g/mol. The van der Waals surface area contributed by atoms with Gasteiger partial charge in [0.2, 0.25) is 4.96 Å². The topological polar surface area (TPSA) is 76.8 Å². The number of aromatic nitrogens is 3. The van der Waals surface area contributed by atoms with E-state index in [9.17, 15) is 9.59 Å². The Hall–Kier alpha value is -3.04. The molecule has 1 amide bonds. The van der Waals surface area contributed by atoms with E-state index in [1.165, 1.54) is 15.9 Å². The lowest BCUT2D eigenvalue weighted by molar-refractivity contribution is -0.112. The van der Waals surface area contributed by atoms with Crippen LogP contribution in [0.1, 0.15) is 5.56 Å². The van der Waals surface area contributed by atoms with E-state index in [1.54, 1.807) is 19.1 Å². The fourth-order valence-electron chi connectivity index (χ4n) is 3.36. The van der Waals surface area contributed by atoms with Crippen molar-refractivity contribution >= 4 is 49.4 Å². The summed E-state index contributed by atoms with van der Waals surface area (Å²) in [6.07, 6.45) is 0. The van der Waals surface area contributed by atoms with Crippen molar-refractivity contribution < 1.29 is 9.53 Å². The minimum atomic E-state index is -0.346. The molecule has 2 aromatic heterocycles. The molecule has 0 atom stereocenters. The molecular formula is C20H13BrN4O3S. The predicted molar refractivity (Wildman–Crippen MR) is 114 cm³/mol. The van der Waals surface area contributed by atoms with E-state index in [-0.39, 0.29) is 11.5 Å². The number of amides is 1. The highest BCUT2D eigenvalue weighted by molar-refractivity contribution is 9.10. The van der Waals surface area contributed by atoms with Gasteiger partial charge in [-0.3, -0.25) is 9.59 Å². The van der Waals surface area contributed by atoms with E-state index in [0.717, 1.165) is 27.0 Å². The molecule has 5 rings (SSSR count). The Morgan fingerprint density at radius 3 is 2.55 bits per heavy atom. The number of fused-ring (bicyclic) bond motifs is 2. The number of nitrogens with zero attached hydrogens (tertiary/aromatic N) is 4. The predicted octanol–water partition coefficient (Wildman–Crippen LogP) is 2.48. The summed E-state index contributed by atoms with van der Waals surface area (Å²) in [5.74, 6) is 0.965. The molecule has 0 saturated carbocycles. The third kappa shape index (κ3) is 2.69. The first-order chi connectivity index (χ1) is 14.0. The highest BCUT2D eigenvalue weighted by atomic mass is 79.9. The number of carbonyl (C=O) groups is 1. The van der Waals surface area contributed by atoms with Crippen LogP contribution in [0.5, 0.6) is 5.75 Å². The molecule has 3 heterocycles. The van der Waals surface area contributed by atoms with Crippen molar-refractivity contribution in [3.05, 3.63) is 67.4 Å². The summed E-state index contributed by atoms with van der Waals surface area (Å²) < 4.78 is 7.60. The average Bonchev–Trinajstić information content (AvgIpc) is 3.34. The fourth-order valence-corrected chi connectivity index (χ4v) is 4.72. The summed E-state index contributed by atoms with van der Waals surface area (Å²) in [6.45, 7) is 0. The molecule has 144 valence electrons. The van der Waals surface area contributed by atoms with Crippen molar-refractivity contribution in [2.75, 3.05) is 19.1 Å². The van der Waals surface area contributed by atoms with Gasteiger partial charge in [0.1, 0.15) is 10.3 Å². The molecular weight excluding hydrogens is 456 g/mol. The lowest BCUT2D eigenvalue weighted by Gasteiger charge is -2.08. The first-order valence-electron chi connectivity index (χ1n) is 8.64. The number of anilines is 1. The Labute approximate surface area is 177 Å². The standard InChI is InChI=1S/C20H13BrN4O3S/c1-24-14-8-5-11(21)9-13(14)15(18(24)26)16-19(27)25-20(29-16)22-17(23-25)10-3-6-12(28-2)7-4-10/h3-9H,1-2H3. The molecule has 0 N–H and O–H groups in total. The maximum absolute atomic E-state index is 13.1. The minimum Gasteiger partial charge on any atom is -0.497 e. The van der Waals surface area contributed by atoms with E-state index in [1.807, 2.05) is 42.5 Å². The van der Waals surface area contributed by atoms with Crippen LogP contribution in [0.4, 0.5) is 5.69 Å². The first-order valence-corrected chi connectivity index (χ1v) is 10.2. The second-order valence-corrected chi connectivity index (χ2v) is 8.39. The minimum absolute atomic E-state index is 0.213. The zero-order valence-electron chi connectivity index (χ0n) is 15.3. The zero-order valence-corrected chi connectivity index (χ0v) is 17.7. The van der Waals surface area contributed by atoms with Crippen molar-refractivity contribution in [1.29, 1.82) is 0 Å². The molecule has 0 radical (unpaired) electrons. The second kappa shape index (κ2) is 6.50. The Morgan fingerprint density at radius 1 is 1.10 bits per heavy atom. The van der Waals surface area contributed by atoms with Crippen LogP contribution in [-0.2, 0) is 4.79 Å². The van der Waals surface area contributed by atoms with E-state index >= 15 is 0 Å². The van der Waals surface area contributed by atoms with Gasteiger partial charge in [0, 0.05) is 22.6 Å². The number of halogens is 1. The summed E-state index contributed by atoms with van der Waals surface area (Å²) in [5, 5.41) is 4.36. The summed E-state index contributed by atoms with van der Waals surface area (Å²) in [5.41, 5.74) is 2.31. The number of hydrogen-bond acceptors (Lipinski definition) is 6. The van der Waals surface area contributed by atoms with Crippen molar-refractivity contribution in [3.63, 3.8) is 0 Å². The van der Waals surface area contributed by atoms with E-state index < -0.39 is 0 Å². The van der Waals surface area contributed by atoms with Crippen LogP contribution in [0.15, 0.2) is 51.7 Å². The number of ether oxygens (including phenoxy) is 1. The van der Waals surface area contributed by atoms with E-state index in [2.05, 4.69) is 26.0 Å². The van der Waals surface area contributed by atoms with Crippen LogP contribution in [0.25, 0.3) is 21.9 Å². The van der Waals surface area contributed by atoms with Gasteiger partial charge in [-0.15, -0.1) is 5.10 Å². The molecule has 4 aromatic rings. The van der Waals surface area contributed by atoms with E-state index in [0.29, 0.717) is 20.9 Å². The molecule has 0 saturated heterocycles. The number of hydrogen-bond donors (Lipinski definition) is 0. The SMILES string of the molecule is COc1ccc(-c2nc3sc(=C4C(=O)N(C)c5ccc(Br)cc54)c(=O)n3n2)cc1. The second-order valence-electron chi connectivity index (χ2n) is 6.50. The number of likely N-dealkylation sites (N-methyl/N-ethyl adjacent to an activating group) is 1. The molecule has 0 unspecified atom stereocenters. The van der Waals surface area contributed by atoms with Crippen LogP contribution in [0.2, 0.25) is 0 Å². The maximum Gasteiger partial charge on any atom is 0.291 e. The normalized spacial score (nSPS) is 15.3. The highest BCUT2D eigenvalue weighted by Crippen LogP contribution is 2.36. The summed E-state index contributed by atoms with van der Waals surface area (Å²) in [6, 6.07) is 12.9. The van der Waals surface area contributed by atoms with Crippen LogP contribution in [0.3, 0.4) is 0 Å². The van der Waals surface area contributed by atoms with Gasteiger partial charge in [0.25, 0.3) is 11.5 Å². The first kappa shape index (κ1) is 18.0. The van der Waals surface area contributed by atoms with Crippen molar-refractivity contribution in [3.8, 4) is 17.1 Å². The lowest BCUT2D eigenvalue weighted by atomic mass is 10.1. The van der Waals surface area contributed by atoms with Gasteiger partial charge in [0.05, 0.1) is 18.4 Å².